The molecule has 0 amide bonds. The SMILES string of the molecule is O=CO.O=CO.[C-]1=CC=CC1.[CH2]=[Ti+2].c1ccc2[cH-]ccc2c1. The zero-order valence-corrected chi connectivity index (χ0v) is 13.6. The minimum Gasteiger partial charge on any atom is -0.168 e. The molecule has 2 aromatic rings. The molecule has 0 saturated carbocycles. The molecule has 3 rings (SSSR count). The molecule has 0 bridgehead atoms. The molecular weight excluding hydrogens is 316 g/mol. The summed E-state index contributed by atoms with van der Waals surface area (Å²) in [6.07, 6.45) is 10.0. The van der Waals surface area contributed by atoms with Crippen molar-refractivity contribution in [3.05, 3.63) is 66.8 Å². The Hall–Kier alpha value is -2.17. The van der Waals surface area contributed by atoms with Crippen molar-refractivity contribution in [2.75, 3.05) is 0 Å². The topological polar surface area (TPSA) is 74.6 Å². The molecule has 2 N–H and O–H groups in total. The van der Waals surface area contributed by atoms with Crippen LogP contribution in [0.25, 0.3) is 10.8 Å². The summed E-state index contributed by atoms with van der Waals surface area (Å²) in [4.78, 5) is 20.0. The summed E-state index contributed by atoms with van der Waals surface area (Å²) < 4.78 is 0. The van der Waals surface area contributed by atoms with Crippen LogP contribution in [0.5, 0.6) is 0 Å². The van der Waals surface area contributed by atoms with E-state index in [1.54, 1.807) is 20.0 Å². The fourth-order valence-electron chi connectivity index (χ4n) is 1.41. The van der Waals surface area contributed by atoms with Crippen molar-refractivity contribution >= 4 is 28.5 Å². The summed E-state index contributed by atoms with van der Waals surface area (Å²) >= 11 is 1.75. The molecule has 2 aromatic carbocycles. The number of allylic oxidation sites excluding steroid dienone is 4. The molecule has 0 unspecified atom stereocenters. The van der Waals surface area contributed by atoms with Crippen molar-refractivity contribution in [2.45, 2.75) is 6.42 Å². The van der Waals surface area contributed by atoms with Crippen molar-refractivity contribution in [3.8, 4) is 0 Å². The second-order valence-corrected chi connectivity index (χ2v) is 3.37. The third-order valence-corrected chi connectivity index (χ3v) is 2.13. The Morgan fingerprint density at radius 1 is 1.14 bits per heavy atom. The number of carboxylic acid groups (broad SMARTS) is 2. The fraction of sp³-hybridized carbons (Fsp3) is 0.0588. The van der Waals surface area contributed by atoms with Gasteiger partial charge in [0.15, 0.2) is 0 Å². The zero-order chi connectivity index (χ0) is 17.1. The summed E-state index contributed by atoms with van der Waals surface area (Å²) in [6.45, 7) is -0.500. The van der Waals surface area contributed by atoms with Crippen molar-refractivity contribution in [3.63, 3.8) is 0 Å². The largest absolute Gasteiger partial charge is 0.168 e. The molecular formula is C17H18O4Ti. The molecule has 0 heterocycles. The molecule has 1 aliphatic rings. The van der Waals surface area contributed by atoms with Gasteiger partial charge in [0.05, 0.1) is 0 Å². The van der Waals surface area contributed by atoms with Gasteiger partial charge in [0.2, 0.25) is 0 Å². The maximum Gasteiger partial charge on any atom is -0.0809 e. The smallest absolute Gasteiger partial charge is 0.0809 e. The monoisotopic (exact) mass is 334 g/mol. The van der Waals surface area contributed by atoms with Crippen molar-refractivity contribution in [1.82, 2.24) is 0 Å². The van der Waals surface area contributed by atoms with Gasteiger partial charge in [0, 0.05) is 0 Å². The molecule has 5 heteroatoms. The Labute approximate surface area is 141 Å². The average Bonchev–Trinajstić information content (AvgIpc) is 3.25. The van der Waals surface area contributed by atoms with Gasteiger partial charge in [-0.05, 0) is 0 Å². The van der Waals surface area contributed by atoms with Crippen LogP contribution in [0.1, 0.15) is 6.42 Å². The van der Waals surface area contributed by atoms with Gasteiger partial charge in [-0.1, -0.05) is 6.07 Å². The van der Waals surface area contributed by atoms with Crippen LogP contribution >= 0.6 is 0 Å². The second-order valence-electron chi connectivity index (χ2n) is 3.37. The maximum atomic E-state index is 8.36. The maximum absolute atomic E-state index is 8.36. The Balaban J connectivity index is 0. The van der Waals surface area contributed by atoms with E-state index in [0.717, 1.165) is 6.42 Å². The molecule has 0 atom stereocenters. The third-order valence-electron chi connectivity index (χ3n) is 2.13. The summed E-state index contributed by atoms with van der Waals surface area (Å²) in [6, 6.07) is 14.7. The van der Waals surface area contributed by atoms with E-state index in [4.69, 9.17) is 19.8 Å². The van der Waals surface area contributed by atoms with E-state index in [0.29, 0.717) is 0 Å². The van der Waals surface area contributed by atoms with Crippen molar-refractivity contribution in [1.29, 1.82) is 0 Å². The predicted octanol–water partition coefficient (Wildman–Crippen LogP) is 3.23. The van der Waals surface area contributed by atoms with Crippen LogP contribution in [0.15, 0.2) is 60.7 Å². The zero-order valence-electron chi connectivity index (χ0n) is 12.1. The van der Waals surface area contributed by atoms with Gasteiger partial charge in [0.1, 0.15) is 0 Å². The van der Waals surface area contributed by atoms with E-state index in [9.17, 15) is 0 Å². The first-order valence-corrected chi connectivity index (χ1v) is 7.23. The number of rotatable bonds is 0. The third kappa shape index (κ3) is 12.8. The molecule has 0 spiro atoms. The van der Waals surface area contributed by atoms with Gasteiger partial charge in [-0.3, -0.25) is 15.7 Å². The molecule has 22 heavy (non-hydrogen) atoms. The summed E-state index contributed by atoms with van der Waals surface area (Å²) in [7, 11) is 0. The first-order chi connectivity index (χ1) is 10.8. The van der Waals surface area contributed by atoms with E-state index in [-0.39, 0.29) is 12.9 Å². The second kappa shape index (κ2) is 18.8. The van der Waals surface area contributed by atoms with Gasteiger partial charge in [-0.15, -0.1) is 36.1 Å². The Morgan fingerprint density at radius 2 is 1.73 bits per heavy atom. The number of benzene rings is 1. The molecule has 0 saturated heterocycles. The molecule has 4 nitrogen and oxygen atoms in total. The molecule has 0 aliphatic heterocycles. The number of hydrogen-bond donors (Lipinski definition) is 2. The molecule has 0 aromatic heterocycles. The first kappa shape index (κ1) is 22.1. The van der Waals surface area contributed by atoms with Crippen LogP contribution in [0.4, 0.5) is 0 Å². The molecule has 114 valence electrons. The quantitative estimate of drug-likeness (QED) is 0.441. The normalized spacial score (nSPS) is 9.55. The van der Waals surface area contributed by atoms with Gasteiger partial charge < -0.3 is 10.2 Å². The van der Waals surface area contributed by atoms with E-state index in [2.05, 4.69) is 59.4 Å². The number of fused-ring (bicyclic) bond motifs is 1. The van der Waals surface area contributed by atoms with Gasteiger partial charge in [-0.2, -0.15) is 23.6 Å². The van der Waals surface area contributed by atoms with Crippen LogP contribution in [0, 0.1) is 6.08 Å². The van der Waals surface area contributed by atoms with Crippen molar-refractivity contribution < 1.29 is 39.8 Å². The van der Waals surface area contributed by atoms with Crippen LogP contribution in [0.2, 0.25) is 0 Å². The number of carbonyl (C=O) groups is 2. The Kier molecular flexibility index (Phi) is 18.9. The van der Waals surface area contributed by atoms with Gasteiger partial charge >= 0.3 is 24.8 Å². The summed E-state index contributed by atoms with van der Waals surface area (Å²) in [5, 5.41) is 16.4. The van der Waals surface area contributed by atoms with Gasteiger partial charge in [0.25, 0.3) is 12.9 Å². The van der Waals surface area contributed by atoms with E-state index < -0.39 is 0 Å². The fourth-order valence-corrected chi connectivity index (χ4v) is 1.41. The number of hydrogen-bond acceptors (Lipinski definition) is 2. The van der Waals surface area contributed by atoms with Crippen LogP contribution in [0.3, 0.4) is 0 Å². The van der Waals surface area contributed by atoms with Crippen molar-refractivity contribution in [2.24, 2.45) is 0 Å². The minimum absolute atomic E-state index is 0.250. The molecule has 1 aliphatic carbocycles. The van der Waals surface area contributed by atoms with E-state index in [1.807, 2.05) is 12.2 Å². The summed E-state index contributed by atoms with van der Waals surface area (Å²) in [5.74, 6) is 0. The minimum atomic E-state index is -0.250. The van der Waals surface area contributed by atoms with Crippen LogP contribution in [-0.4, -0.2) is 28.0 Å². The summed E-state index contributed by atoms with van der Waals surface area (Å²) in [5.41, 5.74) is 0. The first-order valence-electron chi connectivity index (χ1n) is 6.13. The predicted molar refractivity (Wildman–Crippen MR) is 85.6 cm³/mol. The standard InChI is InChI=1S/C9H7.C5H5.2CH2O2.CH2.Ti/c1-2-5-9-7-3-6-8(9)4-1;1-2-4-5-3-1;2*2-1-3;;/h1-7H;1-3H,4H2;2*1H,(H,2,3);1H2;/q2*-1;;;;+2. The molecule has 0 radical (unpaired) electrons. The van der Waals surface area contributed by atoms with Crippen LogP contribution < -0.4 is 0 Å². The van der Waals surface area contributed by atoms with E-state index >= 15 is 0 Å². The Morgan fingerprint density at radius 3 is 2.14 bits per heavy atom. The average molecular weight is 334 g/mol. The van der Waals surface area contributed by atoms with Crippen LogP contribution in [-0.2, 0) is 29.6 Å². The molecule has 0 fully saturated rings. The van der Waals surface area contributed by atoms with E-state index in [1.165, 1.54) is 10.8 Å². The van der Waals surface area contributed by atoms with Gasteiger partial charge in [-0.25, -0.2) is 12.2 Å². The Bertz CT molecular complexity index is 512.